The van der Waals surface area contributed by atoms with Crippen LogP contribution in [0.2, 0.25) is 0 Å². The zero-order chi connectivity index (χ0) is 50.2. The number of aromatic hydroxyl groups is 1. The van der Waals surface area contributed by atoms with E-state index in [1.54, 1.807) is 6.92 Å². The van der Waals surface area contributed by atoms with Crippen LogP contribution >= 0.6 is 0 Å². The number of aromatic nitrogens is 2. The summed E-state index contributed by atoms with van der Waals surface area (Å²) in [6.45, 7) is 9.82. The molecule has 0 saturated carbocycles. The number of benzene rings is 2. The molecule has 2 aliphatic heterocycles. The number of rotatable bonds is 16. The number of nitrogens with zero attached hydrogens (tertiary/aromatic N) is 4. The lowest BCUT2D eigenvalue weighted by Gasteiger charge is -2.38. The fourth-order valence-corrected chi connectivity index (χ4v) is 8.27. The van der Waals surface area contributed by atoms with Crippen LogP contribution in [-0.2, 0) is 25.6 Å². The molecule has 0 radical (unpaired) electrons. The number of anilines is 2. The van der Waals surface area contributed by atoms with Crippen LogP contribution in [-0.4, -0.2) is 148 Å². The van der Waals surface area contributed by atoms with Gasteiger partial charge in [0.1, 0.15) is 66.7 Å². The highest BCUT2D eigenvalue weighted by molar-refractivity contribution is 6.02. The maximum absolute atomic E-state index is 14.8. The third kappa shape index (κ3) is 12.6. The summed E-state index contributed by atoms with van der Waals surface area (Å²) in [5.74, 6) is -4.71. The van der Waals surface area contributed by atoms with E-state index in [1.807, 2.05) is 4.90 Å². The molecule has 3 aromatic rings. The molecule has 1 fully saturated rings. The molecule has 372 valence electrons. The molecule has 22 nitrogen and oxygen atoms in total. The van der Waals surface area contributed by atoms with Crippen LogP contribution in [0, 0.1) is 18.3 Å². The first-order chi connectivity index (χ1) is 32.1. The van der Waals surface area contributed by atoms with Gasteiger partial charge in [-0.15, -0.1) is 0 Å². The largest absolute Gasteiger partial charge is 0.504 e. The van der Waals surface area contributed by atoms with Crippen LogP contribution in [0.5, 0.6) is 17.2 Å². The van der Waals surface area contributed by atoms with Crippen molar-refractivity contribution in [2.24, 2.45) is 28.5 Å². The number of likely N-dealkylation sites (N-methyl/N-ethyl adjacent to an activating group) is 1. The number of phenolic OH excluding ortho intramolecular Hbond substituents is 1. The summed E-state index contributed by atoms with van der Waals surface area (Å²) in [5.41, 5.74) is 24.5. The van der Waals surface area contributed by atoms with Crippen LogP contribution in [0.15, 0.2) is 30.3 Å². The van der Waals surface area contributed by atoms with Crippen molar-refractivity contribution in [1.82, 2.24) is 30.8 Å². The highest BCUT2D eigenvalue weighted by Gasteiger charge is 2.38. The Hall–Kier alpha value is -6.33. The summed E-state index contributed by atoms with van der Waals surface area (Å²) in [6, 6.07) is 1.25. The van der Waals surface area contributed by atoms with Gasteiger partial charge in [-0.2, -0.15) is 4.98 Å². The lowest BCUT2D eigenvalue weighted by molar-refractivity contribution is -0.143. The molecule has 4 amide bonds. The molecular weight excluding hydrogens is 883 g/mol. The molecule has 1 saturated heterocycles. The standard InChI is InChI=1S/C46H67N11O11/c1-23-36(39(50)55-45(52-23)57-13-10-27(11-14-57)46(3,4)5)41(62)53-32(9-12-47)43(64)56(6)37-26-17-31(38(60)35(18-26)68-22-29(59)20-49)30-15-25(7-8-34(30)67-21-28(58)19-48)16-33(44(65)66)54-40(61)24(2)51-42(37)63/h7-8,15,17-18,24,27-29,32-33,37,58-60H,9-14,16,19-22,47-49H2,1-6H3,(H,51,63)(H,53,62)(H,54,61)(H,65,66)(H2,50,52,55)/t24-,28+,29+,32-,33-,37-/m0/s1. The molecule has 0 spiro atoms. The molecular formula is C46H67N11O11. The van der Waals surface area contributed by atoms with Crippen molar-refractivity contribution in [2.75, 3.05) is 63.6 Å². The quantitative estimate of drug-likeness (QED) is 0.0876. The van der Waals surface area contributed by atoms with Crippen molar-refractivity contribution in [3.05, 3.63) is 52.7 Å². The number of carbonyl (C=O) groups excluding carboxylic acids is 4. The molecule has 15 N–H and O–H groups in total. The molecule has 3 heterocycles. The summed E-state index contributed by atoms with van der Waals surface area (Å²) in [5, 5.41) is 50.4. The average Bonchev–Trinajstić information content (AvgIpc) is 3.29. The Bertz CT molecular complexity index is 2300. The van der Waals surface area contributed by atoms with Gasteiger partial charge in [-0.05, 0) is 86.4 Å². The SMILES string of the molecule is Cc1nc(N2CCC(C(C)(C)C)CC2)nc(N)c1C(=O)N[C@@H](CCN)C(=O)N(C)[C@@H]1C(=O)N[C@@H](C)C(=O)N[C@H](C(=O)O)Cc2ccc(OC[C@H](O)CN)c(c2)-c2cc1cc(OC[C@H](O)CN)c2O. The molecule has 2 aromatic carbocycles. The van der Waals surface area contributed by atoms with Crippen LogP contribution in [0.4, 0.5) is 11.8 Å². The Morgan fingerprint density at radius 2 is 1.57 bits per heavy atom. The Balaban J connectivity index is 1.60. The van der Waals surface area contributed by atoms with Crippen molar-refractivity contribution in [3.8, 4) is 28.4 Å². The van der Waals surface area contributed by atoms with E-state index < -0.39 is 78.3 Å². The minimum atomic E-state index is -1.67. The minimum absolute atomic E-state index is 0.00301. The maximum Gasteiger partial charge on any atom is 0.326 e. The summed E-state index contributed by atoms with van der Waals surface area (Å²) < 4.78 is 11.8. The number of aliphatic hydroxyl groups excluding tert-OH is 2. The Morgan fingerprint density at radius 1 is 0.941 bits per heavy atom. The monoisotopic (exact) mass is 950 g/mol. The third-order valence-corrected chi connectivity index (χ3v) is 12.3. The fourth-order valence-electron chi connectivity index (χ4n) is 8.27. The number of hydrogen-bond donors (Lipinski definition) is 11. The van der Waals surface area contributed by atoms with Crippen LogP contribution in [0.25, 0.3) is 11.1 Å². The number of ether oxygens (including phenoxy) is 2. The van der Waals surface area contributed by atoms with E-state index in [0.29, 0.717) is 30.5 Å². The molecule has 0 aliphatic carbocycles. The van der Waals surface area contributed by atoms with Gasteiger partial charge in [0.2, 0.25) is 23.7 Å². The first-order valence-corrected chi connectivity index (χ1v) is 22.6. The topological polar surface area (TPSA) is 357 Å². The molecule has 2 aliphatic rings. The highest BCUT2D eigenvalue weighted by atomic mass is 16.5. The Morgan fingerprint density at radius 3 is 2.15 bits per heavy atom. The van der Waals surface area contributed by atoms with E-state index in [-0.39, 0.29) is 89.8 Å². The first-order valence-electron chi connectivity index (χ1n) is 22.6. The number of carboxylic acid groups (broad SMARTS) is 1. The normalized spacial score (nSPS) is 19.4. The zero-order valence-corrected chi connectivity index (χ0v) is 39.5. The van der Waals surface area contributed by atoms with Gasteiger partial charge in [0.05, 0.1) is 5.69 Å². The second-order valence-corrected chi connectivity index (χ2v) is 18.4. The maximum atomic E-state index is 14.8. The van der Waals surface area contributed by atoms with Crippen molar-refractivity contribution in [1.29, 1.82) is 0 Å². The Labute approximate surface area is 395 Å². The second kappa shape index (κ2) is 22.6. The summed E-state index contributed by atoms with van der Waals surface area (Å²) >= 11 is 0. The van der Waals surface area contributed by atoms with Gasteiger partial charge in [0.25, 0.3) is 5.91 Å². The molecule has 1 aromatic heterocycles. The van der Waals surface area contributed by atoms with Gasteiger partial charge >= 0.3 is 5.97 Å². The van der Waals surface area contributed by atoms with E-state index in [0.717, 1.165) is 17.7 Å². The summed E-state index contributed by atoms with van der Waals surface area (Å²) in [6.07, 6.45) is -0.802. The average molecular weight is 950 g/mol. The van der Waals surface area contributed by atoms with E-state index in [9.17, 15) is 44.4 Å². The minimum Gasteiger partial charge on any atom is -0.504 e. The van der Waals surface area contributed by atoms with Crippen molar-refractivity contribution in [2.45, 2.75) is 96.7 Å². The molecule has 22 heteroatoms. The van der Waals surface area contributed by atoms with E-state index in [4.69, 9.17) is 32.4 Å². The number of nitrogens with two attached hydrogens (primary N) is 4. The number of aryl methyl sites for hydroxylation is 1. The first kappa shape index (κ1) is 52.6. The third-order valence-electron chi connectivity index (χ3n) is 12.3. The van der Waals surface area contributed by atoms with Gasteiger partial charge in [-0.1, -0.05) is 26.8 Å². The van der Waals surface area contributed by atoms with Crippen molar-refractivity contribution < 1.29 is 53.9 Å². The van der Waals surface area contributed by atoms with Gasteiger partial charge in [-0.3, -0.25) is 19.2 Å². The lowest BCUT2D eigenvalue weighted by Crippen LogP contribution is -2.55. The number of carboxylic acids is 1. The summed E-state index contributed by atoms with van der Waals surface area (Å²) in [7, 11) is 1.28. The van der Waals surface area contributed by atoms with Gasteiger partial charge in [-0.25, -0.2) is 9.78 Å². The number of aliphatic hydroxyl groups is 2. The predicted octanol–water partition coefficient (Wildman–Crippen LogP) is -0.324. The lowest BCUT2D eigenvalue weighted by atomic mass is 9.75. The number of phenols is 1. The number of nitrogen functional groups attached to an aromatic ring is 1. The van der Waals surface area contributed by atoms with Crippen molar-refractivity contribution >= 4 is 41.4 Å². The highest BCUT2D eigenvalue weighted by Crippen LogP contribution is 2.45. The Kier molecular flexibility index (Phi) is 17.5. The van der Waals surface area contributed by atoms with Crippen LogP contribution in [0.1, 0.15) is 80.2 Å². The molecule has 4 bridgehead atoms. The number of nitrogens with one attached hydrogen (secondary N) is 3. The van der Waals surface area contributed by atoms with Gasteiger partial charge in [0.15, 0.2) is 11.5 Å². The van der Waals surface area contributed by atoms with E-state index >= 15 is 0 Å². The number of amides is 4. The number of carbonyl (C=O) groups is 5. The number of aliphatic carboxylic acids is 1. The predicted molar refractivity (Wildman–Crippen MR) is 252 cm³/mol. The van der Waals surface area contributed by atoms with Gasteiger partial charge in [0, 0.05) is 50.8 Å². The fraction of sp³-hybridized carbons (Fsp3) is 0.543. The zero-order valence-electron chi connectivity index (χ0n) is 39.5. The molecule has 68 heavy (non-hydrogen) atoms. The van der Waals surface area contributed by atoms with Crippen LogP contribution < -0.4 is 53.3 Å². The number of fused-ring (bicyclic) bond motifs is 5. The van der Waals surface area contributed by atoms with Crippen molar-refractivity contribution in [3.63, 3.8) is 0 Å². The van der Waals surface area contributed by atoms with E-state index in [1.165, 1.54) is 44.3 Å². The van der Waals surface area contributed by atoms with Crippen LogP contribution in [0.3, 0.4) is 0 Å². The molecule has 6 atom stereocenters. The van der Waals surface area contributed by atoms with Gasteiger partial charge < -0.3 is 78.6 Å². The second-order valence-electron chi connectivity index (χ2n) is 18.4. The molecule has 5 rings (SSSR count). The molecule has 0 unspecified atom stereocenters. The smallest absolute Gasteiger partial charge is 0.326 e. The number of piperidine rings is 1. The number of hydrogen-bond acceptors (Lipinski definition) is 17. The summed E-state index contributed by atoms with van der Waals surface area (Å²) in [4.78, 5) is 81.7. The van der Waals surface area contributed by atoms with E-state index in [2.05, 4.69) is 46.7 Å².